The van der Waals surface area contributed by atoms with Crippen molar-refractivity contribution in [2.24, 2.45) is 0 Å². The molecule has 0 aliphatic rings. The standard InChI is InChI=1S/C46H91NO5/c1-5-9-12-15-20-27-34-43(8-4)51-45(49)37-30-23-18-25-32-39-47(41-42-48)40-33-26-19-24-31-38-46(50)52-44(35-28-21-16-13-10-6-2)36-29-22-17-14-11-7-3/h43-44,48H,5-42H2,1-4H3/t43-/m0/s1. The van der Waals surface area contributed by atoms with E-state index in [1.165, 1.54) is 128 Å². The minimum atomic E-state index is -0.0156. The van der Waals surface area contributed by atoms with E-state index in [4.69, 9.17) is 9.47 Å². The van der Waals surface area contributed by atoms with E-state index in [0.717, 1.165) is 96.7 Å². The predicted octanol–water partition coefficient (Wildman–Crippen LogP) is 13.4. The summed E-state index contributed by atoms with van der Waals surface area (Å²) in [7, 11) is 0. The quantitative estimate of drug-likeness (QED) is 0.0496. The minimum Gasteiger partial charge on any atom is -0.462 e. The second-order valence-electron chi connectivity index (χ2n) is 15.9. The number of hydrogen-bond donors (Lipinski definition) is 1. The maximum atomic E-state index is 12.7. The number of carbonyl (C=O) groups excluding carboxylic acids is 2. The summed E-state index contributed by atoms with van der Waals surface area (Å²) in [4.78, 5) is 27.4. The lowest BCUT2D eigenvalue weighted by Gasteiger charge is -2.21. The van der Waals surface area contributed by atoms with Crippen molar-refractivity contribution in [1.82, 2.24) is 4.90 Å². The molecule has 0 rings (SSSR count). The number of aliphatic hydroxyl groups excluding tert-OH is 1. The first-order valence-corrected chi connectivity index (χ1v) is 23.2. The first-order valence-electron chi connectivity index (χ1n) is 23.2. The van der Waals surface area contributed by atoms with E-state index in [1.54, 1.807) is 0 Å². The highest BCUT2D eigenvalue weighted by Crippen LogP contribution is 2.19. The zero-order valence-electron chi connectivity index (χ0n) is 35.6. The maximum Gasteiger partial charge on any atom is 0.306 e. The van der Waals surface area contributed by atoms with E-state index in [0.29, 0.717) is 12.8 Å². The van der Waals surface area contributed by atoms with E-state index < -0.39 is 0 Å². The van der Waals surface area contributed by atoms with E-state index in [9.17, 15) is 14.7 Å². The Labute approximate surface area is 324 Å². The molecule has 0 heterocycles. The molecule has 0 radical (unpaired) electrons. The average Bonchev–Trinajstić information content (AvgIpc) is 3.14. The highest BCUT2D eigenvalue weighted by molar-refractivity contribution is 5.69. The average molecular weight is 738 g/mol. The van der Waals surface area contributed by atoms with Gasteiger partial charge in [-0.05, 0) is 83.7 Å². The molecular formula is C46H91NO5. The van der Waals surface area contributed by atoms with Crippen molar-refractivity contribution in [1.29, 1.82) is 0 Å². The molecule has 0 aromatic carbocycles. The summed E-state index contributed by atoms with van der Waals surface area (Å²) in [5, 5.41) is 9.57. The van der Waals surface area contributed by atoms with Gasteiger partial charge in [-0.3, -0.25) is 9.59 Å². The summed E-state index contributed by atoms with van der Waals surface area (Å²) >= 11 is 0. The molecule has 0 unspecified atom stereocenters. The summed E-state index contributed by atoms with van der Waals surface area (Å²) in [5.74, 6) is -0.00177. The Balaban J connectivity index is 4.04. The molecule has 0 aromatic heterocycles. The zero-order chi connectivity index (χ0) is 38.2. The Morgan fingerprint density at radius 1 is 0.423 bits per heavy atom. The lowest BCUT2D eigenvalue weighted by Crippen LogP contribution is -2.29. The third-order valence-electron chi connectivity index (χ3n) is 10.8. The van der Waals surface area contributed by atoms with Crippen molar-refractivity contribution in [2.75, 3.05) is 26.2 Å². The SMILES string of the molecule is CCCCCCCCC(CCCCCCCC)OC(=O)CCCCCCCN(CCO)CCCCCCCC(=O)O[C@@H](CC)CCCCCCCC. The van der Waals surface area contributed by atoms with Crippen LogP contribution in [0.25, 0.3) is 0 Å². The first kappa shape index (κ1) is 50.9. The van der Waals surface area contributed by atoms with Gasteiger partial charge in [0.1, 0.15) is 12.2 Å². The largest absolute Gasteiger partial charge is 0.462 e. The summed E-state index contributed by atoms with van der Waals surface area (Å²) in [5.41, 5.74) is 0. The van der Waals surface area contributed by atoms with E-state index in [-0.39, 0.29) is 30.8 Å². The number of nitrogens with zero attached hydrogens (tertiary/aromatic N) is 1. The third-order valence-corrected chi connectivity index (χ3v) is 10.8. The Morgan fingerprint density at radius 3 is 1.13 bits per heavy atom. The van der Waals surface area contributed by atoms with Crippen molar-refractivity contribution in [3.63, 3.8) is 0 Å². The van der Waals surface area contributed by atoms with Crippen molar-refractivity contribution in [2.45, 2.75) is 258 Å². The summed E-state index contributed by atoms with van der Waals surface area (Å²) in [6.07, 6.45) is 39.3. The van der Waals surface area contributed by atoms with Gasteiger partial charge in [0.25, 0.3) is 0 Å². The van der Waals surface area contributed by atoms with Crippen molar-refractivity contribution >= 4 is 11.9 Å². The monoisotopic (exact) mass is 738 g/mol. The van der Waals surface area contributed by atoms with Crippen LogP contribution in [-0.4, -0.2) is 60.4 Å². The molecule has 1 atom stereocenters. The molecule has 0 fully saturated rings. The van der Waals surface area contributed by atoms with Crippen molar-refractivity contribution in [3.05, 3.63) is 0 Å². The molecule has 0 saturated carbocycles. The van der Waals surface area contributed by atoms with Gasteiger partial charge in [0.15, 0.2) is 0 Å². The normalized spacial score (nSPS) is 12.2. The van der Waals surface area contributed by atoms with Gasteiger partial charge in [-0.1, -0.05) is 163 Å². The molecule has 6 nitrogen and oxygen atoms in total. The number of unbranched alkanes of at least 4 members (excludes halogenated alkanes) is 23. The van der Waals surface area contributed by atoms with Gasteiger partial charge in [-0.15, -0.1) is 0 Å². The van der Waals surface area contributed by atoms with Crippen LogP contribution in [0.15, 0.2) is 0 Å². The predicted molar refractivity (Wildman–Crippen MR) is 223 cm³/mol. The van der Waals surface area contributed by atoms with Gasteiger partial charge >= 0.3 is 11.9 Å². The lowest BCUT2D eigenvalue weighted by atomic mass is 10.0. The van der Waals surface area contributed by atoms with Crippen molar-refractivity contribution < 1.29 is 24.2 Å². The molecule has 1 N–H and O–H groups in total. The number of aliphatic hydroxyl groups is 1. The third kappa shape index (κ3) is 35.9. The highest BCUT2D eigenvalue weighted by Gasteiger charge is 2.15. The fourth-order valence-corrected chi connectivity index (χ4v) is 7.30. The molecule has 6 heteroatoms. The Morgan fingerprint density at radius 2 is 0.750 bits per heavy atom. The molecule has 0 aromatic rings. The van der Waals surface area contributed by atoms with Crippen LogP contribution < -0.4 is 0 Å². The Bertz CT molecular complexity index is 730. The Kier molecular flexibility index (Phi) is 40.1. The van der Waals surface area contributed by atoms with Crippen LogP contribution >= 0.6 is 0 Å². The molecule has 0 aliphatic carbocycles. The lowest BCUT2D eigenvalue weighted by molar-refractivity contribution is -0.150. The smallest absolute Gasteiger partial charge is 0.306 e. The Hall–Kier alpha value is -1.14. The van der Waals surface area contributed by atoms with Crippen LogP contribution in [0.5, 0.6) is 0 Å². The topological polar surface area (TPSA) is 76.1 Å². The molecule has 0 bridgehead atoms. The number of carbonyl (C=O) groups is 2. The van der Waals surface area contributed by atoms with Gasteiger partial charge < -0.3 is 19.5 Å². The molecule has 0 amide bonds. The van der Waals surface area contributed by atoms with Crippen LogP contribution in [-0.2, 0) is 19.1 Å². The summed E-state index contributed by atoms with van der Waals surface area (Å²) in [6.45, 7) is 11.9. The number of esters is 2. The van der Waals surface area contributed by atoms with Gasteiger partial charge in [0.2, 0.25) is 0 Å². The van der Waals surface area contributed by atoms with Crippen molar-refractivity contribution in [3.8, 4) is 0 Å². The molecule has 310 valence electrons. The maximum absolute atomic E-state index is 12.7. The fraction of sp³-hybridized carbons (Fsp3) is 0.957. The van der Waals surface area contributed by atoms with Gasteiger partial charge in [-0.2, -0.15) is 0 Å². The van der Waals surface area contributed by atoms with E-state index >= 15 is 0 Å². The summed E-state index contributed by atoms with van der Waals surface area (Å²) < 4.78 is 11.8. The zero-order valence-corrected chi connectivity index (χ0v) is 35.6. The summed E-state index contributed by atoms with van der Waals surface area (Å²) in [6, 6.07) is 0. The van der Waals surface area contributed by atoms with Crippen LogP contribution in [0.1, 0.15) is 246 Å². The molecule has 0 aliphatic heterocycles. The number of rotatable bonds is 42. The molecule has 0 saturated heterocycles. The number of ether oxygens (including phenoxy) is 2. The highest BCUT2D eigenvalue weighted by atomic mass is 16.5. The van der Waals surface area contributed by atoms with Crippen LogP contribution in [0, 0.1) is 0 Å². The van der Waals surface area contributed by atoms with Crippen LogP contribution in [0.2, 0.25) is 0 Å². The molecule has 52 heavy (non-hydrogen) atoms. The van der Waals surface area contributed by atoms with Gasteiger partial charge in [0.05, 0.1) is 6.61 Å². The van der Waals surface area contributed by atoms with Crippen LogP contribution in [0.4, 0.5) is 0 Å². The van der Waals surface area contributed by atoms with Gasteiger partial charge in [0, 0.05) is 19.4 Å². The number of hydrogen-bond acceptors (Lipinski definition) is 6. The molecular weight excluding hydrogens is 647 g/mol. The first-order chi connectivity index (χ1) is 25.5. The molecule has 0 spiro atoms. The second-order valence-corrected chi connectivity index (χ2v) is 15.9. The fourth-order valence-electron chi connectivity index (χ4n) is 7.30. The second kappa shape index (κ2) is 41.0. The van der Waals surface area contributed by atoms with Gasteiger partial charge in [-0.25, -0.2) is 0 Å². The minimum absolute atomic E-state index is 0.0138. The van der Waals surface area contributed by atoms with E-state index in [2.05, 4.69) is 32.6 Å². The van der Waals surface area contributed by atoms with Crippen LogP contribution in [0.3, 0.4) is 0 Å². The van der Waals surface area contributed by atoms with E-state index in [1.807, 2.05) is 0 Å².